The van der Waals surface area contributed by atoms with E-state index in [4.69, 9.17) is 30.5 Å². The fourth-order valence-electron chi connectivity index (χ4n) is 4.48. The van der Waals surface area contributed by atoms with Gasteiger partial charge < -0.3 is 18.9 Å². The van der Waals surface area contributed by atoms with Crippen molar-refractivity contribution in [1.29, 1.82) is 0 Å². The van der Waals surface area contributed by atoms with Gasteiger partial charge in [-0.3, -0.25) is 4.79 Å². The average molecular weight is 458 g/mol. The van der Waals surface area contributed by atoms with Crippen molar-refractivity contribution in [3.63, 3.8) is 0 Å². The van der Waals surface area contributed by atoms with E-state index in [-0.39, 0.29) is 24.3 Å². The maximum atomic E-state index is 13.1. The minimum atomic E-state index is -1.53. The zero-order chi connectivity index (χ0) is 22.3. The third kappa shape index (κ3) is 3.79. The minimum Gasteiger partial charge on any atom is -0.444 e. The highest BCUT2D eigenvalue weighted by molar-refractivity contribution is 6.30. The van der Waals surface area contributed by atoms with E-state index in [1.54, 1.807) is 12.1 Å². The lowest BCUT2D eigenvalue weighted by Crippen LogP contribution is -2.68. The third-order valence-electron chi connectivity index (χ3n) is 6.25. The Kier molecular flexibility index (Phi) is 5.45. The second kappa shape index (κ2) is 8.15. The Balaban J connectivity index is 1.46. The maximum Gasteiger partial charge on any atom is 0.417 e. The maximum absolute atomic E-state index is 13.1. The van der Waals surface area contributed by atoms with Crippen LogP contribution in [0.1, 0.15) is 30.4 Å². The highest BCUT2D eigenvalue weighted by Crippen LogP contribution is 2.49. The minimum absolute atomic E-state index is 0.0510. The summed E-state index contributed by atoms with van der Waals surface area (Å²) < 4.78 is 23.6. The van der Waals surface area contributed by atoms with E-state index >= 15 is 0 Å². The first-order valence-corrected chi connectivity index (χ1v) is 11.0. The molecule has 4 heterocycles. The molecule has 4 saturated heterocycles. The van der Waals surface area contributed by atoms with Crippen LogP contribution in [0.15, 0.2) is 54.6 Å². The van der Waals surface area contributed by atoms with Crippen molar-refractivity contribution in [3.05, 3.63) is 70.7 Å². The highest BCUT2D eigenvalue weighted by atomic mass is 35.5. The van der Waals surface area contributed by atoms with Gasteiger partial charge in [0.2, 0.25) is 5.91 Å². The molecular weight excluding hydrogens is 434 g/mol. The van der Waals surface area contributed by atoms with E-state index < -0.39 is 24.0 Å². The number of hydrogen-bond acceptors (Lipinski definition) is 6. The molecule has 2 atom stereocenters. The van der Waals surface area contributed by atoms with Crippen LogP contribution in [-0.2, 0) is 30.3 Å². The van der Waals surface area contributed by atoms with Crippen LogP contribution >= 0.6 is 11.6 Å². The molecule has 2 aromatic carbocycles. The van der Waals surface area contributed by atoms with E-state index in [1.807, 2.05) is 49.4 Å². The van der Waals surface area contributed by atoms with Gasteiger partial charge in [-0.15, -0.1) is 0 Å². The number of amides is 2. The third-order valence-corrected chi connectivity index (χ3v) is 6.50. The average Bonchev–Trinajstić information content (AvgIpc) is 3.17. The molecule has 2 aromatic rings. The summed E-state index contributed by atoms with van der Waals surface area (Å²) in [4.78, 5) is 27.3. The largest absolute Gasteiger partial charge is 0.444 e. The van der Waals surface area contributed by atoms with Gasteiger partial charge in [-0.25, -0.2) is 9.69 Å². The number of benzene rings is 2. The smallest absolute Gasteiger partial charge is 0.417 e. The normalized spacial score (nSPS) is 31.7. The van der Waals surface area contributed by atoms with Crippen LogP contribution in [0, 0.1) is 5.41 Å². The molecule has 0 spiro atoms. The molecule has 32 heavy (non-hydrogen) atoms. The molecular formula is C24H24ClNO6. The topological polar surface area (TPSA) is 74.3 Å². The van der Waals surface area contributed by atoms with Gasteiger partial charge in [0.05, 0.1) is 19.8 Å². The van der Waals surface area contributed by atoms with Crippen molar-refractivity contribution < 1.29 is 28.5 Å². The van der Waals surface area contributed by atoms with Crippen molar-refractivity contribution in [2.45, 2.75) is 37.9 Å². The monoisotopic (exact) mass is 457 g/mol. The van der Waals surface area contributed by atoms with E-state index in [2.05, 4.69) is 0 Å². The van der Waals surface area contributed by atoms with Crippen LogP contribution in [0.2, 0.25) is 5.02 Å². The zero-order valence-electron chi connectivity index (χ0n) is 17.7. The van der Waals surface area contributed by atoms with Crippen LogP contribution in [0.25, 0.3) is 0 Å². The first kappa shape index (κ1) is 21.4. The molecule has 4 aliphatic rings. The number of imide groups is 1. The molecule has 0 aliphatic carbocycles. The molecule has 8 heteroatoms. The highest BCUT2D eigenvalue weighted by Gasteiger charge is 2.63. The number of rotatable bonds is 4. The summed E-state index contributed by atoms with van der Waals surface area (Å²) in [5.41, 5.74) is 1.42. The molecule has 168 valence electrons. The molecule has 6 rings (SSSR count). The number of likely N-dealkylation sites (tertiary alicyclic amines) is 1. The van der Waals surface area contributed by atoms with E-state index in [9.17, 15) is 9.59 Å². The van der Waals surface area contributed by atoms with Crippen molar-refractivity contribution in [1.82, 2.24) is 4.90 Å². The van der Waals surface area contributed by atoms with Gasteiger partial charge in [-0.05, 0) is 23.3 Å². The second-order valence-corrected chi connectivity index (χ2v) is 9.33. The van der Waals surface area contributed by atoms with Gasteiger partial charge in [-0.2, -0.15) is 0 Å². The summed E-state index contributed by atoms with van der Waals surface area (Å²) in [7, 11) is 0. The first-order chi connectivity index (χ1) is 15.4. The van der Waals surface area contributed by atoms with Gasteiger partial charge in [0, 0.05) is 22.8 Å². The molecule has 4 aliphatic heterocycles. The summed E-state index contributed by atoms with van der Waals surface area (Å²) >= 11 is 6.06. The number of hydrogen-bond donors (Lipinski definition) is 0. The number of nitrogens with zero attached hydrogens (tertiary/aromatic N) is 1. The van der Waals surface area contributed by atoms with Crippen molar-refractivity contribution in [3.8, 4) is 0 Å². The van der Waals surface area contributed by atoms with Crippen molar-refractivity contribution in [2.75, 3.05) is 19.8 Å². The number of ether oxygens (including phenoxy) is 4. The molecule has 0 saturated carbocycles. The Labute approximate surface area is 191 Å². The number of carbonyl (C=O) groups excluding carboxylic acids is 2. The summed E-state index contributed by atoms with van der Waals surface area (Å²) in [6.07, 6.45) is -0.647. The van der Waals surface area contributed by atoms with E-state index in [0.29, 0.717) is 24.8 Å². The fourth-order valence-corrected chi connectivity index (χ4v) is 4.61. The Morgan fingerprint density at radius 3 is 2.31 bits per heavy atom. The fraction of sp³-hybridized carbons (Fsp3) is 0.417. The van der Waals surface area contributed by atoms with E-state index in [1.165, 1.54) is 0 Å². The van der Waals surface area contributed by atoms with Crippen LogP contribution in [0.5, 0.6) is 0 Å². The quantitative estimate of drug-likeness (QED) is 0.688. The summed E-state index contributed by atoms with van der Waals surface area (Å²) in [6.45, 7) is 3.31. The van der Waals surface area contributed by atoms with Gasteiger partial charge in [0.25, 0.3) is 0 Å². The molecule has 0 radical (unpaired) electrons. The van der Waals surface area contributed by atoms with Crippen LogP contribution in [0.3, 0.4) is 0 Å². The molecule has 7 nitrogen and oxygen atoms in total. The number of halogens is 1. The molecule has 0 N–H and O–H groups in total. The van der Waals surface area contributed by atoms with Gasteiger partial charge >= 0.3 is 12.1 Å². The number of carbonyl (C=O) groups is 2. The zero-order valence-corrected chi connectivity index (χ0v) is 18.4. The lowest BCUT2D eigenvalue weighted by molar-refractivity contribution is -0.478. The van der Waals surface area contributed by atoms with Gasteiger partial charge in [-0.1, -0.05) is 61.0 Å². The molecule has 0 unspecified atom stereocenters. The lowest BCUT2D eigenvalue weighted by atomic mass is 9.86. The van der Waals surface area contributed by atoms with Gasteiger partial charge in [0.15, 0.2) is 0 Å². The Hall–Kier alpha value is -2.45. The summed E-state index contributed by atoms with van der Waals surface area (Å²) in [5, 5.41) is 0.585. The van der Waals surface area contributed by atoms with Gasteiger partial charge in [0.1, 0.15) is 12.6 Å². The van der Waals surface area contributed by atoms with Crippen molar-refractivity contribution in [2.24, 2.45) is 5.41 Å². The summed E-state index contributed by atoms with van der Waals surface area (Å²) in [6, 6.07) is 15.7. The second-order valence-electron chi connectivity index (χ2n) is 8.89. The molecule has 0 aromatic heterocycles. The summed E-state index contributed by atoms with van der Waals surface area (Å²) in [5.74, 6) is -2.29. The predicted molar refractivity (Wildman–Crippen MR) is 115 cm³/mol. The Bertz CT molecular complexity index is 986. The Morgan fingerprint density at radius 2 is 1.69 bits per heavy atom. The lowest BCUT2D eigenvalue weighted by Gasteiger charge is -2.54. The van der Waals surface area contributed by atoms with Crippen molar-refractivity contribution >= 4 is 23.6 Å². The van der Waals surface area contributed by atoms with Crippen LogP contribution < -0.4 is 0 Å². The van der Waals surface area contributed by atoms with E-state index in [0.717, 1.165) is 16.0 Å². The Morgan fingerprint density at radius 1 is 1.06 bits per heavy atom. The first-order valence-electron chi connectivity index (χ1n) is 10.6. The SMILES string of the molecule is CC12COC([C@@H]3[C@@H](c4ccc(Cl)cc4)CC(=O)N3C(=O)OCc3ccccc3)(OC1)OC2. The van der Waals surface area contributed by atoms with Crippen LogP contribution in [0.4, 0.5) is 4.79 Å². The molecule has 2 amide bonds. The van der Waals surface area contributed by atoms with Crippen LogP contribution in [-0.4, -0.2) is 48.7 Å². The molecule has 4 fully saturated rings. The predicted octanol–water partition coefficient (Wildman–Crippen LogP) is 4.10. The molecule has 2 bridgehead atoms. The number of fused-ring (bicyclic) bond motifs is 3. The standard InChI is InChI=1S/C24H24ClNO6/c1-23-13-30-24(31-14-23,32-15-23)21-19(17-7-9-18(25)10-8-17)11-20(27)26(21)22(28)29-12-16-5-3-2-4-6-16/h2-10,19,21H,11-15H2,1H3/t19-,21+,23?,24?/m1/s1.